The van der Waals surface area contributed by atoms with Gasteiger partial charge in [-0.1, -0.05) is 0 Å². The third-order valence-corrected chi connectivity index (χ3v) is 2.19. The molecule has 0 atom stereocenters. The number of halogens is 1. The van der Waals surface area contributed by atoms with Crippen LogP contribution in [0.3, 0.4) is 0 Å². The van der Waals surface area contributed by atoms with Gasteiger partial charge in [-0.3, -0.25) is 4.79 Å². The quantitative estimate of drug-likeness (QED) is 0.690. The normalized spacial score (nSPS) is 10.8. The number of rotatable bonds is 0. The standard InChI is InChI=1S/C10H9FN2O/c1-5-7(11)3-4-8-9(5)10(14)13-6(2)12-8/h3-4H,1-2H3,(H,12,13,14). The molecular weight excluding hydrogens is 183 g/mol. The molecule has 14 heavy (non-hydrogen) atoms. The van der Waals surface area contributed by atoms with Crippen molar-refractivity contribution in [2.45, 2.75) is 13.8 Å². The molecule has 2 aromatic rings. The molecule has 0 aliphatic heterocycles. The molecule has 0 saturated heterocycles. The third kappa shape index (κ3) is 1.19. The summed E-state index contributed by atoms with van der Waals surface area (Å²) in [5.41, 5.74) is 0.589. The Morgan fingerprint density at radius 3 is 2.79 bits per heavy atom. The molecule has 0 aliphatic carbocycles. The Morgan fingerprint density at radius 2 is 2.07 bits per heavy atom. The van der Waals surface area contributed by atoms with E-state index >= 15 is 0 Å². The monoisotopic (exact) mass is 192 g/mol. The number of nitrogens with zero attached hydrogens (tertiary/aromatic N) is 1. The van der Waals surface area contributed by atoms with Gasteiger partial charge in [0.1, 0.15) is 11.6 Å². The summed E-state index contributed by atoms with van der Waals surface area (Å²) in [5.74, 6) is 0.155. The lowest BCUT2D eigenvalue weighted by Gasteiger charge is -2.02. The summed E-state index contributed by atoms with van der Waals surface area (Å²) >= 11 is 0. The van der Waals surface area contributed by atoms with E-state index in [9.17, 15) is 9.18 Å². The van der Waals surface area contributed by atoms with Gasteiger partial charge in [0.2, 0.25) is 0 Å². The van der Waals surface area contributed by atoms with Gasteiger partial charge < -0.3 is 4.98 Å². The van der Waals surface area contributed by atoms with E-state index in [1.165, 1.54) is 12.1 Å². The molecule has 1 heterocycles. The van der Waals surface area contributed by atoms with Gasteiger partial charge in [-0.25, -0.2) is 9.37 Å². The van der Waals surface area contributed by atoms with E-state index in [1.807, 2.05) is 0 Å². The first-order chi connectivity index (χ1) is 6.59. The number of aryl methyl sites for hydroxylation is 2. The van der Waals surface area contributed by atoms with Gasteiger partial charge >= 0.3 is 0 Å². The van der Waals surface area contributed by atoms with Crippen LogP contribution in [0.25, 0.3) is 10.9 Å². The number of aromatic amines is 1. The molecule has 4 heteroatoms. The second kappa shape index (κ2) is 2.90. The number of benzene rings is 1. The predicted molar refractivity (Wildman–Crippen MR) is 51.8 cm³/mol. The van der Waals surface area contributed by atoms with Gasteiger partial charge in [0.15, 0.2) is 0 Å². The maximum absolute atomic E-state index is 13.1. The smallest absolute Gasteiger partial charge is 0.259 e. The third-order valence-electron chi connectivity index (χ3n) is 2.19. The Labute approximate surface area is 79.6 Å². The molecule has 0 radical (unpaired) electrons. The Kier molecular flexibility index (Phi) is 1.84. The molecule has 0 bridgehead atoms. The van der Waals surface area contributed by atoms with Crippen LogP contribution >= 0.6 is 0 Å². The maximum Gasteiger partial charge on any atom is 0.259 e. The van der Waals surface area contributed by atoms with Gasteiger partial charge in [0.25, 0.3) is 5.56 Å². The van der Waals surface area contributed by atoms with Crippen LogP contribution in [0.5, 0.6) is 0 Å². The van der Waals surface area contributed by atoms with Crippen molar-refractivity contribution < 1.29 is 4.39 Å². The van der Waals surface area contributed by atoms with Crippen LogP contribution in [0, 0.1) is 19.7 Å². The lowest BCUT2D eigenvalue weighted by molar-refractivity contribution is 0.620. The molecular formula is C10H9FN2O. The molecule has 0 amide bonds. The molecule has 1 aromatic carbocycles. The zero-order valence-corrected chi connectivity index (χ0v) is 7.89. The molecule has 0 spiro atoms. The predicted octanol–water partition coefficient (Wildman–Crippen LogP) is 1.68. The molecule has 2 rings (SSSR count). The highest BCUT2D eigenvalue weighted by atomic mass is 19.1. The van der Waals surface area contributed by atoms with Gasteiger partial charge in [-0.15, -0.1) is 0 Å². The van der Waals surface area contributed by atoms with Crippen molar-refractivity contribution in [2.75, 3.05) is 0 Å². The zero-order chi connectivity index (χ0) is 10.3. The van der Waals surface area contributed by atoms with Crippen LogP contribution in [0.2, 0.25) is 0 Å². The topological polar surface area (TPSA) is 45.8 Å². The molecule has 0 saturated carbocycles. The van der Waals surface area contributed by atoms with Crippen molar-refractivity contribution in [3.05, 3.63) is 39.7 Å². The maximum atomic E-state index is 13.1. The van der Waals surface area contributed by atoms with Crippen LogP contribution in [0.4, 0.5) is 4.39 Å². The summed E-state index contributed by atoms with van der Waals surface area (Å²) in [6.45, 7) is 3.27. The average Bonchev–Trinajstić information content (AvgIpc) is 2.10. The van der Waals surface area contributed by atoms with Gasteiger partial charge in [0.05, 0.1) is 10.9 Å². The summed E-state index contributed by atoms with van der Waals surface area (Å²) in [6, 6.07) is 2.84. The summed E-state index contributed by atoms with van der Waals surface area (Å²) in [5, 5.41) is 0.329. The second-order valence-electron chi connectivity index (χ2n) is 3.22. The number of H-pyrrole nitrogens is 1. The van der Waals surface area contributed by atoms with Crippen LogP contribution in [-0.4, -0.2) is 9.97 Å². The fraction of sp³-hybridized carbons (Fsp3) is 0.200. The van der Waals surface area contributed by atoms with Crippen LogP contribution in [-0.2, 0) is 0 Å². The lowest BCUT2D eigenvalue weighted by atomic mass is 10.1. The zero-order valence-electron chi connectivity index (χ0n) is 7.89. The molecule has 3 nitrogen and oxygen atoms in total. The summed E-state index contributed by atoms with van der Waals surface area (Å²) < 4.78 is 13.1. The number of hydrogen-bond donors (Lipinski definition) is 1. The van der Waals surface area contributed by atoms with E-state index in [-0.39, 0.29) is 11.4 Å². The van der Waals surface area contributed by atoms with Gasteiger partial charge in [-0.05, 0) is 31.5 Å². The summed E-state index contributed by atoms with van der Waals surface area (Å²) in [4.78, 5) is 18.2. The van der Waals surface area contributed by atoms with E-state index in [4.69, 9.17) is 0 Å². The number of aromatic nitrogens is 2. The lowest BCUT2D eigenvalue weighted by Crippen LogP contribution is -2.11. The van der Waals surface area contributed by atoms with Crippen molar-refractivity contribution in [1.29, 1.82) is 0 Å². The minimum atomic E-state index is -0.381. The molecule has 0 fully saturated rings. The Morgan fingerprint density at radius 1 is 1.36 bits per heavy atom. The summed E-state index contributed by atoms with van der Waals surface area (Å²) in [7, 11) is 0. The second-order valence-corrected chi connectivity index (χ2v) is 3.22. The van der Waals surface area contributed by atoms with Crippen molar-refractivity contribution in [3.63, 3.8) is 0 Å². The number of nitrogens with one attached hydrogen (secondary N) is 1. The van der Waals surface area contributed by atoms with Crippen molar-refractivity contribution in [3.8, 4) is 0 Å². The molecule has 1 aromatic heterocycles. The first kappa shape index (κ1) is 8.87. The Bertz CT molecular complexity index is 560. The van der Waals surface area contributed by atoms with E-state index in [0.717, 1.165) is 0 Å². The van der Waals surface area contributed by atoms with Crippen molar-refractivity contribution in [2.24, 2.45) is 0 Å². The highest BCUT2D eigenvalue weighted by Crippen LogP contribution is 2.15. The first-order valence-corrected chi connectivity index (χ1v) is 4.25. The average molecular weight is 192 g/mol. The highest BCUT2D eigenvalue weighted by molar-refractivity contribution is 5.81. The van der Waals surface area contributed by atoms with Crippen molar-refractivity contribution in [1.82, 2.24) is 9.97 Å². The van der Waals surface area contributed by atoms with E-state index in [0.29, 0.717) is 22.3 Å². The highest BCUT2D eigenvalue weighted by Gasteiger charge is 2.07. The first-order valence-electron chi connectivity index (χ1n) is 4.25. The Balaban J connectivity index is 3.03. The Hall–Kier alpha value is -1.71. The fourth-order valence-electron chi connectivity index (χ4n) is 1.49. The fourth-order valence-corrected chi connectivity index (χ4v) is 1.49. The van der Waals surface area contributed by atoms with Crippen LogP contribution < -0.4 is 5.56 Å². The largest absolute Gasteiger partial charge is 0.310 e. The van der Waals surface area contributed by atoms with Gasteiger partial charge in [-0.2, -0.15) is 0 Å². The van der Waals surface area contributed by atoms with Crippen molar-refractivity contribution >= 4 is 10.9 Å². The minimum Gasteiger partial charge on any atom is -0.310 e. The molecule has 0 unspecified atom stereocenters. The minimum absolute atomic E-state index is 0.287. The number of hydrogen-bond acceptors (Lipinski definition) is 2. The molecule has 0 aliphatic rings. The van der Waals surface area contributed by atoms with E-state index in [2.05, 4.69) is 9.97 Å². The van der Waals surface area contributed by atoms with E-state index in [1.54, 1.807) is 13.8 Å². The molecule has 1 N–H and O–H groups in total. The van der Waals surface area contributed by atoms with Gasteiger partial charge in [0, 0.05) is 0 Å². The summed E-state index contributed by atoms with van der Waals surface area (Å²) in [6.07, 6.45) is 0. The van der Waals surface area contributed by atoms with E-state index < -0.39 is 0 Å². The van der Waals surface area contributed by atoms with Crippen LogP contribution in [0.1, 0.15) is 11.4 Å². The van der Waals surface area contributed by atoms with Crippen LogP contribution in [0.15, 0.2) is 16.9 Å². The molecule has 72 valence electrons. The SMILES string of the molecule is Cc1nc2ccc(F)c(C)c2c(=O)[nH]1. The number of fused-ring (bicyclic) bond motifs is 1.